The molecule has 0 fully saturated rings. The van der Waals surface area contributed by atoms with Crippen LogP contribution in [-0.4, -0.2) is 19.4 Å². The van der Waals surface area contributed by atoms with Gasteiger partial charge in [-0.3, -0.25) is 4.99 Å². The summed E-state index contributed by atoms with van der Waals surface area (Å²) in [5.41, 5.74) is 1.69. The molecule has 2 aromatic carbocycles. The van der Waals surface area contributed by atoms with Crippen LogP contribution < -0.4 is 9.47 Å². The number of halogens is 2. The molecule has 1 heterocycles. The highest BCUT2D eigenvalue weighted by atomic mass is 35.5. The molecule has 0 unspecified atom stereocenters. The standard InChI is InChI=1S/C17H13Cl2NO2/c18-13-4-3-12(15(19)10-13)2-1-7-20-14-5-6-16-17(11-14)22-9-8-21-16/h1-7,10-11H,8-9H2/b2-1+,20-7?. The number of benzene rings is 2. The van der Waals surface area contributed by atoms with Gasteiger partial charge in [0.15, 0.2) is 11.5 Å². The second kappa shape index (κ2) is 6.86. The largest absolute Gasteiger partial charge is 0.486 e. The van der Waals surface area contributed by atoms with Crippen LogP contribution in [-0.2, 0) is 0 Å². The van der Waals surface area contributed by atoms with Crippen molar-refractivity contribution in [1.82, 2.24) is 0 Å². The van der Waals surface area contributed by atoms with Crippen LogP contribution in [0.1, 0.15) is 5.56 Å². The molecule has 112 valence electrons. The second-order valence-electron chi connectivity index (χ2n) is 4.63. The van der Waals surface area contributed by atoms with Crippen molar-refractivity contribution in [2.75, 3.05) is 13.2 Å². The molecule has 0 bridgehead atoms. The minimum absolute atomic E-state index is 0.565. The second-order valence-corrected chi connectivity index (χ2v) is 5.47. The number of ether oxygens (including phenoxy) is 2. The van der Waals surface area contributed by atoms with Crippen LogP contribution in [0, 0.1) is 0 Å². The Balaban J connectivity index is 1.70. The third kappa shape index (κ3) is 3.62. The van der Waals surface area contributed by atoms with Crippen molar-refractivity contribution in [2.45, 2.75) is 0 Å². The van der Waals surface area contributed by atoms with Gasteiger partial charge in [-0.25, -0.2) is 0 Å². The number of nitrogens with zero attached hydrogens (tertiary/aromatic N) is 1. The van der Waals surface area contributed by atoms with Gasteiger partial charge < -0.3 is 9.47 Å². The monoisotopic (exact) mass is 333 g/mol. The van der Waals surface area contributed by atoms with Gasteiger partial charge in [0.25, 0.3) is 0 Å². The summed E-state index contributed by atoms with van der Waals surface area (Å²) >= 11 is 12.0. The van der Waals surface area contributed by atoms with E-state index < -0.39 is 0 Å². The summed E-state index contributed by atoms with van der Waals surface area (Å²) < 4.78 is 11.0. The zero-order valence-electron chi connectivity index (χ0n) is 11.6. The van der Waals surface area contributed by atoms with Crippen LogP contribution >= 0.6 is 23.2 Å². The van der Waals surface area contributed by atoms with Crippen molar-refractivity contribution in [2.24, 2.45) is 4.99 Å². The quantitative estimate of drug-likeness (QED) is 0.724. The van der Waals surface area contributed by atoms with Crippen molar-refractivity contribution < 1.29 is 9.47 Å². The van der Waals surface area contributed by atoms with Crippen LogP contribution in [0.15, 0.2) is 47.5 Å². The van der Waals surface area contributed by atoms with Gasteiger partial charge in [-0.2, -0.15) is 0 Å². The van der Waals surface area contributed by atoms with E-state index in [1.165, 1.54) is 0 Å². The number of hydrogen-bond donors (Lipinski definition) is 0. The molecule has 0 saturated heterocycles. The van der Waals surface area contributed by atoms with Crippen LogP contribution in [0.3, 0.4) is 0 Å². The van der Waals surface area contributed by atoms with E-state index in [1.54, 1.807) is 18.3 Å². The molecule has 0 atom stereocenters. The average molecular weight is 334 g/mol. The molecular weight excluding hydrogens is 321 g/mol. The third-order valence-corrected chi connectivity index (χ3v) is 3.64. The Labute approximate surface area is 138 Å². The SMILES string of the molecule is Clc1ccc(/C=C/C=Nc2ccc3c(c2)OCCO3)c(Cl)c1. The van der Waals surface area contributed by atoms with E-state index in [9.17, 15) is 0 Å². The maximum Gasteiger partial charge on any atom is 0.163 e. The Morgan fingerprint density at radius 1 is 0.955 bits per heavy atom. The van der Waals surface area contributed by atoms with Gasteiger partial charge in [-0.1, -0.05) is 35.3 Å². The molecule has 3 rings (SSSR count). The Morgan fingerprint density at radius 2 is 1.77 bits per heavy atom. The van der Waals surface area contributed by atoms with E-state index in [2.05, 4.69) is 4.99 Å². The molecule has 0 aliphatic carbocycles. The molecule has 0 amide bonds. The topological polar surface area (TPSA) is 30.8 Å². The molecule has 0 spiro atoms. The number of hydrogen-bond acceptors (Lipinski definition) is 3. The summed E-state index contributed by atoms with van der Waals surface area (Å²) in [5, 5.41) is 1.23. The molecule has 22 heavy (non-hydrogen) atoms. The molecule has 0 aromatic heterocycles. The zero-order valence-corrected chi connectivity index (χ0v) is 13.1. The van der Waals surface area contributed by atoms with E-state index in [0.29, 0.717) is 23.3 Å². The maximum absolute atomic E-state index is 6.09. The number of allylic oxidation sites excluding steroid dienone is 1. The van der Waals surface area contributed by atoms with E-state index in [4.69, 9.17) is 32.7 Å². The van der Waals surface area contributed by atoms with E-state index >= 15 is 0 Å². The van der Waals surface area contributed by atoms with Crippen LogP contribution in [0.5, 0.6) is 11.5 Å². The number of rotatable bonds is 3. The Morgan fingerprint density at radius 3 is 2.59 bits per heavy atom. The molecule has 0 saturated carbocycles. The number of fused-ring (bicyclic) bond motifs is 1. The summed E-state index contributed by atoms with van der Waals surface area (Å²) in [6, 6.07) is 11.0. The lowest BCUT2D eigenvalue weighted by Gasteiger charge is -2.18. The molecular formula is C17H13Cl2NO2. The van der Waals surface area contributed by atoms with Gasteiger partial charge in [0, 0.05) is 22.3 Å². The fraction of sp³-hybridized carbons (Fsp3) is 0.118. The first kappa shape index (κ1) is 14.9. The van der Waals surface area contributed by atoms with Gasteiger partial charge in [0.1, 0.15) is 13.2 Å². The highest BCUT2D eigenvalue weighted by Gasteiger charge is 2.10. The molecule has 3 nitrogen and oxygen atoms in total. The third-order valence-electron chi connectivity index (χ3n) is 3.07. The van der Waals surface area contributed by atoms with E-state index in [0.717, 1.165) is 22.7 Å². The summed E-state index contributed by atoms with van der Waals surface area (Å²) in [7, 11) is 0. The lowest BCUT2D eigenvalue weighted by molar-refractivity contribution is 0.171. The predicted octanol–water partition coefficient (Wildman–Crippen LogP) is 5.18. The van der Waals surface area contributed by atoms with Crippen molar-refractivity contribution >= 4 is 41.2 Å². The van der Waals surface area contributed by atoms with Crippen LogP contribution in [0.2, 0.25) is 10.0 Å². The first-order chi connectivity index (χ1) is 10.7. The first-order valence-corrected chi connectivity index (χ1v) is 7.53. The Kier molecular flexibility index (Phi) is 4.66. The molecule has 0 radical (unpaired) electrons. The van der Waals surface area contributed by atoms with Crippen LogP contribution in [0.4, 0.5) is 5.69 Å². The fourth-order valence-electron chi connectivity index (χ4n) is 2.02. The normalized spacial score (nSPS) is 13.9. The molecule has 0 N–H and O–H groups in total. The predicted molar refractivity (Wildman–Crippen MR) is 91.1 cm³/mol. The summed E-state index contributed by atoms with van der Waals surface area (Å²) in [4.78, 5) is 4.36. The van der Waals surface area contributed by atoms with Gasteiger partial charge in [0.2, 0.25) is 0 Å². The fourth-order valence-corrected chi connectivity index (χ4v) is 2.50. The average Bonchev–Trinajstić information content (AvgIpc) is 2.53. The molecule has 5 heteroatoms. The minimum atomic E-state index is 0.565. The molecule has 2 aromatic rings. The van der Waals surface area contributed by atoms with Crippen molar-refractivity contribution in [3.05, 3.63) is 58.1 Å². The lowest BCUT2D eigenvalue weighted by atomic mass is 10.2. The highest BCUT2D eigenvalue weighted by Crippen LogP contribution is 2.33. The Bertz CT molecular complexity index is 741. The minimum Gasteiger partial charge on any atom is -0.486 e. The van der Waals surface area contributed by atoms with Crippen molar-refractivity contribution in [1.29, 1.82) is 0 Å². The summed E-state index contributed by atoms with van der Waals surface area (Å²) in [6.45, 7) is 1.15. The van der Waals surface area contributed by atoms with E-state index in [1.807, 2.05) is 36.4 Å². The summed E-state index contributed by atoms with van der Waals surface area (Å²) in [5.74, 6) is 1.49. The summed E-state index contributed by atoms with van der Waals surface area (Å²) in [6.07, 6.45) is 5.41. The smallest absolute Gasteiger partial charge is 0.163 e. The van der Waals surface area contributed by atoms with Gasteiger partial charge in [-0.05, 0) is 35.9 Å². The lowest BCUT2D eigenvalue weighted by Crippen LogP contribution is -2.14. The zero-order chi connectivity index (χ0) is 15.4. The van der Waals surface area contributed by atoms with Crippen molar-refractivity contribution in [3.8, 4) is 11.5 Å². The first-order valence-electron chi connectivity index (χ1n) is 6.78. The molecule has 1 aliphatic heterocycles. The van der Waals surface area contributed by atoms with Gasteiger partial charge >= 0.3 is 0 Å². The molecule has 1 aliphatic rings. The van der Waals surface area contributed by atoms with Crippen molar-refractivity contribution in [3.63, 3.8) is 0 Å². The van der Waals surface area contributed by atoms with Gasteiger partial charge in [-0.15, -0.1) is 0 Å². The van der Waals surface area contributed by atoms with Gasteiger partial charge in [0.05, 0.1) is 5.69 Å². The number of aliphatic imine (C=N–C) groups is 1. The highest BCUT2D eigenvalue weighted by molar-refractivity contribution is 6.35. The van der Waals surface area contributed by atoms with Crippen LogP contribution in [0.25, 0.3) is 6.08 Å². The Hall–Kier alpha value is -1.97. The maximum atomic E-state index is 6.09. The van der Waals surface area contributed by atoms with E-state index in [-0.39, 0.29) is 0 Å².